The molecule has 1 aliphatic rings. The van der Waals surface area contributed by atoms with Crippen LogP contribution in [0.25, 0.3) is 0 Å². The summed E-state index contributed by atoms with van der Waals surface area (Å²) in [7, 11) is 3.29. The Morgan fingerprint density at radius 2 is 2.12 bits per heavy atom. The van der Waals surface area contributed by atoms with Crippen molar-refractivity contribution in [1.82, 2.24) is 4.90 Å². The molecule has 1 aromatic rings. The Morgan fingerprint density at radius 3 is 2.71 bits per heavy atom. The van der Waals surface area contributed by atoms with E-state index in [9.17, 15) is 4.79 Å². The van der Waals surface area contributed by atoms with Crippen LogP contribution in [0.1, 0.15) is 0 Å². The van der Waals surface area contributed by atoms with E-state index in [0.29, 0.717) is 24.7 Å². The van der Waals surface area contributed by atoms with E-state index >= 15 is 0 Å². The molecule has 1 fully saturated rings. The van der Waals surface area contributed by atoms with Gasteiger partial charge in [-0.15, -0.1) is 0 Å². The van der Waals surface area contributed by atoms with E-state index < -0.39 is 0 Å². The molecular formula is C12H15NO4. The van der Waals surface area contributed by atoms with Gasteiger partial charge in [-0.1, -0.05) is 12.1 Å². The number of carbonyl (C=O) groups is 1. The number of methoxy groups -OCH3 is 1. The van der Waals surface area contributed by atoms with Crippen LogP contribution in [0.5, 0.6) is 11.5 Å². The number of para-hydroxylation sites is 2. The number of hydrogen-bond donors (Lipinski definition) is 0. The van der Waals surface area contributed by atoms with Crippen LogP contribution in [0.3, 0.4) is 0 Å². The minimum absolute atomic E-state index is 0.225. The molecule has 1 saturated heterocycles. The minimum atomic E-state index is -0.307. The molecule has 5 heteroatoms. The van der Waals surface area contributed by atoms with Gasteiger partial charge in [-0.2, -0.15) is 0 Å². The van der Waals surface area contributed by atoms with Crippen LogP contribution in [-0.4, -0.2) is 44.4 Å². The second kappa shape index (κ2) is 4.95. The van der Waals surface area contributed by atoms with E-state index in [1.807, 2.05) is 24.3 Å². The Balaban J connectivity index is 1.92. The van der Waals surface area contributed by atoms with Crippen LogP contribution < -0.4 is 9.47 Å². The average molecular weight is 237 g/mol. The predicted molar refractivity (Wildman–Crippen MR) is 61.4 cm³/mol. The molecule has 1 aliphatic heterocycles. The number of amides is 1. The lowest BCUT2D eigenvalue weighted by Crippen LogP contribution is -2.23. The normalized spacial score (nSPS) is 19.1. The molecule has 1 heterocycles. The van der Waals surface area contributed by atoms with Gasteiger partial charge in [0.05, 0.1) is 13.7 Å². The zero-order valence-corrected chi connectivity index (χ0v) is 9.88. The van der Waals surface area contributed by atoms with Gasteiger partial charge in [0, 0.05) is 7.05 Å². The molecule has 0 radical (unpaired) electrons. The predicted octanol–water partition coefficient (Wildman–Crippen LogP) is 1.52. The first-order valence-electron chi connectivity index (χ1n) is 5.38. The maximum absolute atomic E-state index is 11.1. The SMILES string of the molecule is COc1ccccc1OCC1CN(C)C(=O)O1. The summed E-state index contributed by atoms with van der Waals surface area (Å²) >= 11 is 0. The number of benzene rings is 1. The van der Waals surface area contributed by atoms with E-state index in [1.54, 1.807) is 14.2 Å². The third kappa shape index (κ3) is 2.61. The minimum Gasteiger partial charge on any atom is -0.493 e. The highest BCUT2D eigenvalue weighted by molar-refractivity contribution is 5.69. The number of rotatable bonds is 4. The van der Waals surface area contributed by atoms with Crippen LogP contribution in [0, 0.1) is 0 Å². The number of nitrogens with zero attached hydrogens (tertiary/aromatic N) is 1. The highest BCUT2D eigenvalue weighted by Crippen LogP contribution is 2.26. The molecule has 1 aromatic carbocycles. The molecule has 5 nitrogen and oxygen atoms in total. The summed E-state index contributed by atoms with van der Waals surface area (Å²) in [5, 5.41) is 0. The van der Waals surface area contributed by atoms with E-state index in [2.05, 4.69) is 0 Å². The van der Waals surface area contributed by atoms with Gasteiger partial charge in [-0.05, 0) is 12.1 Å². The molecular weight excluding hydrogens is 222 g/mol. The monoisotopic (exact) mass is 237 g/mol. The molecule has 1 amide bonds. The second-order valence-corrected chi connectivity index (χ2v) is 3.85. The van der Waals surface area contributed by atoms with Gasteiger partial charge in [0.15, 0.2) is 17.6 Å². The topological polar surface area (TPSA) is 48.0 Å². The Bertz CT molecular complexity index is 407. The summed E-state index contributed by atoms with van der Waals surface area (Å²) < 4.78 is 15.8. The van der Waals surface area contributed by atoms with Crippen LogP contribution in [0.15, 0.2) is 24.3 Å². The number of likely N-dealkylation sites (N-methyl/N-ethyl adjacent to an activating group) is 1. The quantitative estimate of drug-likeness (QED) is 0.796. The fraction of sp³-hybridized carbons (Fsp3) is 0.417. The lowest BCUT2D eigenvalue weighted by Gasteiger charge is -2.12. The number of hydrogen-bond acceptors (Lipinski definition) is 4. The third-order valence-corrected chi connectivity index (χ3v) is 2.55. The summed E-state index contributed by atoms with van der Waals surface area (Å²) in [4.78, 5) is 12.7. The van der Waals surface area contributed by atoms with Gasteiger partial charge in [-0.25, -0.2) is 4.79 Å². The Labute approximate surface area is 99.9 Å². The molecule has 0 saturated carbocycles. The molecule has 1 unspecified atom stereocenters. The van der Waals surface area contributed by atoms with Crippen LogP contribution >= 0.6 is 0 Å². The second-order valence-electron chi connectivity index (χ2n) is 3.85. The van der Waals surface area contributed by atoms with Gasteiger partial charge in [0.25, 0.3) is 0 Å². The fourth-order valence-corrected chi connectivity index (χ4v) is 1.66. The van der Waals surface area contributed by atoms with E-state index in [1.165, 1.54) is 4.90 Å². The molecule has 0 N–H and O–H groups in total. The van der Waals surface area contributed by atoms with Crippen LogP contribution in [-0.2, 0) is 4.74 Å². The van der Waals surface area contributed by atoms with Gasteiger partial charge in [-0.3, -0.25) is 0 Å². The summed E-state index contributed by atoms with van der Waals surface area (Å²) in [6.07, 6.45) is -0.531. The summed E-state index contributed by atoms with van der Waals surface area (Å²) in [5.41, 5.74) is 0. The van der Waals surface area contributed by atoms with E-state index in [0.717, 1.165) is 0 Å². The number of cyclic esters (lactones) is 1. The van der Waals surface area contributed by atoms with Crippen molar-refractivity contribution < 1.29 is 19.0 Å². The first kappa shape index (κ1) is 11.6. The van der Waals surface area contributed by atoms with Gasteiger partial charge < -0.3 is 19.1 Å². The van der Waals surface area contributed by atoms with E-state index in [4.69, 9.17) is 14.2 Å². The molecule has 92 valence electrons. The van der Waals surface area contributed by atoms with Crippen molar-refractivity contribution in [3.63, 3.8) is 0 Å². The number of carbonyl (C=O) groups excluding carboxylic acids is 1. The molecule has 0 aromatic heterocycles. The van der Waals surface area contributed by atoms with Crippen LogP contribution in [0.2, 0.25) is 0 Å². The third-order valence-electron chi connectivity index (χ3n) is 2.55. The van der Waals surface area contributed by atoms with Gasteiger partial charge in [0.2, 0.25) is 0 Å². The lowest BCUT2D eigenvalue weighted by molar-refractivity contribution is 0.102. The van der Waals surface area contributed by atoms with Crippen molar-refractivity contribution in [2.24, 2.45) is 0 Å². The average Bonchev–Trinajstić information content (AvgIpc) is 2.66. The van der Waals surface area contributed by atoms with E-state index in [-0.39, 0.29) is 12.2 Å². The van der Waals surface area contributed by atoms with Gasteiger partial charge >= 0.3 is 6.09 Å². The molecule has 0 aliphatic carbocycles. The molecule has 0 bridgehead atoms. The molecule has 17 heavy (non-hydrogen) atoms. The Kier molecular flexibility index (Phi) is 3.37. The molecule has 2 rings (SSSR count). The highest BCUT2D eigenvalue weighted by atomic mass is 16.6. The Hall–Kier alpha value is -1.91. The molecule has 1 atom stereocenters. The first-order chi connectivity index (χ1) is 8.20. The van der Waals surface area contributed by atoms with Gasteiger partial charge in [0.1, 0.15) is 6.61 Å². The zero-order valence-electron chi connectivity index (χ0n) is 9.88. The largest absolute Gasteiger partial charge is 0.493 e. The number of ether oxygens (including phenoxy) is 3. The lowest BCUT2D eigenvalue weighted by atomic mass is 10.3. The first-order valence-corrected chi connectivity index (χ1v) is 5.38. The van der Waals surface area contributed by atoms with Crippen molar-refractivity contribution >= 4 is 6.09 Å². The van der Waals surface area contributed by atoms with Crippen molar-refractivity contribution in [2.75, 3.05) is 27.3 Å². The highest BCUT2D eigenvalue weighted by Gasteiger charge is 2.28. The summed E-state index contributed by atoms with van der Waals surface area (Å²) in [5.74, 6) is 1.32. The standard InChI is InChI=1S/C12H15NO4/c1-13-7-9(17-12(13)14)8-16-11-6-4-3-5-10(11)15-2/h3-6,9H,7-8H2,1-2H3. The summed E-state index contributed by atoms with van der Waals surface area (Å²) in [6, 6.07) is 7.38. The van der Waals surface area contributed by atoms with Crippen molar-refractivity contribution in [3.05, 3.63) is 24.3 Å². The van der Waals surface area contributed by atoms with Crippen LogP contribution in [0.4, 0.5) is 4.79 Å². The fourth-order valence-electron chi connectivity index (χ4n) is 1.66. The smallest absolute Gasteiger partial charge is 0.410 e. The molecule has 0 spiro atoms. The van der Waals surface area contributed by atoms with Crippen molar-refractivity contribution in [1.29, 1.82) is 0 Å². The van der Waals surface area contributed by atoms with Crippen molar-refractivity contribution in [2.45, 2.75) is 6.10 Å². The Morgan fingerprint density at radius 1 is 1.41 bits per heavy atom. The van der Waals surface area contributed by atoms with Crippen molar-refractivity contribution in [3.8, 4) is 11.5 Å². The maximum Gasteiger partial charge on any atom is 0.410 e. The summed E-state index contributed by atoms with van der Waals surface area (Å²) in [6.45, 7) is 0.879. The zero-order chi connectivity index (χ0) is 12.3. The maximum atomic E-state index is 11.1.